The molecule has 2 aromatic carbocycles. The minimum absolute atomic E-state index is 0.0971. The fraction of sp³-hybridized carbons (Fsp3) is 0.0303. The van der Waals surface area contributed by atoms with Crippen molar-refractivity contribution in [3.63, 3.8) is 0 Å². The number of non-ortho nitro benzene ring substituents is 2. The van der Waals surface area contributed by atoms with Crippen LogP contribution in [-0.2, 0) is 20.8 Å². The summed E-state index contributed by atoms with van der Waals surface area (Å²) in [6, 6.07) is 18.5. The Bertz CT molecular complexity index is 2900. The van der Waals surface area contributed by atoms with Crippen LogP contribution in [0.15, 0.2) is 132 Å². The van der Waals surface area contributed by atoms with E-state index in [0.29, 0.717) is 31.7 Å². The molecule has 6 aromatic heterocycles. The Morgan fingerprint density at radius 1 is 0.778 bits per heavy atom. The third kappa shape index (κ3) is 7.22. The van der Waals surface area contributed by atoms with E-state index in [4.69, 9.17) is 0 Å². The minimum Gasteiger partial charge on any atom is -0.258 e. The summed E-state index contributed by atoms with van der Waals surface area (Å²) in [4.78, 5) is 25.4. The average molecular weight is 912 g/mol. The number of pyridine rings is 2. The van der Waals surface area contributed by atoms with Gasteiger partial charge in [-0.3, -0.25) is 20.2 Å². The molecule has 54 heavy (non-hydrogen) atoms. The molecule has 0 aliphatic rings. The van der Waals surface area contributed by atoms with Crippen molar-refractivity contribution >= 4 is 86.4 Å². The monoisotopic (exact) mass is 909 g/mol. The first-order chi connectivity index (χ1) is 25.8. The van der Waals surface area contributed by atoms with E-state index in [9.17, 15) is 32.9 Å². The second-order valence-electron chi connectivity index (χ2n) is 11.3. The van der Waals surface area contributed by atoms with Crippen molar-refractivity contribution in [2.45, 2.75) is 21.1 Å². The number of hydrogen-bond acceptors (Lipinski definition) is 12. The van der Waals surface area contributed by atoms with Gasteiger partial charge in [-0.15, -0.1) is 11.3 Å². The SMILES string of the molecule is Cc1ccc([N+](=O)[O-])cc1S(=O)(=O)n1ccc(-c2cnn3ccc(Br)cc23)n1.O=[N+]([O-])c1cccc(S(=O)c2nc(-c3cnn4ccc(Br)cc34)cs2)c1. The van der Waals surface area contributed by atoms with Gasteiger partial charge in [0, 0.05) is 68.3 Å². The topological polar surface area (TPSA) is 203 Å². The van der Waals surface area contributed by atoms with Gasteiger partial charge in [-0.2, -0.15) is 27.8 Å². The van der Waals surface area contributed by atoms with E-state index in [1.165, 1.54) is 47.9 Å². The highest BCUT2D eigenvalue weighted by Crippen LogP contribution is 2.31. The van der Waals surface area contributed by atoms with E-state index in [0.717, 1.165) is 35.7 Å². The van der Waals surface area contributed by atoms with Crippen LogP contribution in [0.5, 0.6) is 0 Å². The molecular weight excluding hydrogens is 890 g/mol. The summed E-state index contributed by atoms with van der Waals surface area (Å²) in [7, 11) is -5.68. The lowest BCUT2D eigenvalue weighted by Gasteiger charge is -2.07. The Morgan fingerprint density at radius 3 is 2.02 bits per heavy atom. The number of hydrogen-bond donors (Lipinski definition) is 0. The predicted octanol–water partition coefficient (Wildman–Crippen LogP) is 7.71. The van der Waals surface area contributed by atoms with Gasteiger partial charge in [0.05, 0.1) is 54.5 Å². The highest BCUT2D eigenvalue weighted by Gasteiger charge is 2.24. The summed E-state index contributed by atoms with van der Waals surface area (Å²) in [6.07, 6.45) is 8.21. The molecule has 0 fully saturated rings. The maximum atomic E-state index is 13.0. The number of aryl methyl sites for hydroxylation is 1. The molecule has 0 aliphatic heterocycles. The third-order valence-corrected chi connectivity index (χ3v) is 13.0. The zero-order valence-electron chi connectivity index (χ0n) is 27.3. The van der Waals surface area contributed by atoms with Gasteiger partial charge in [0.1, 0.15) is 10.8 Å². The molecule has 0 aliphatic carbocycles. The quantitative estimate of drug-likeness (QED) is 0.107. The number of aromatic nitrogens is 7. The number of nitro benzene ring substituents is 2. The minimum atomic E-state index is -4.09. The third-order valence-electron chi connectivity index (χ3n) is 7.88. The number of thiazole rings is 1. The van der Waals surface area contributed by atoms with Crippen LogP contribution in [0.1, 0.15) is 5.56 Å². The van der Waals surface area contributed by atoms with E-state index >= 15 is 0 Å². The normalized spacial score (nSPS) is 12.1. The zero-order valence-corrected chi connectivity index (χ0v) is 32.9. The van der Waals surface area contributed by atoms with E-state index in [2.05, 4.69) is 52.1 Å². The summed E-state index contributed by atoms with van der Waals surface area (Å²) < 4.78 is 45.0. The van der Waals surface area contributed by atoms with Gasteiger partial charge in [-0.25, -0.2) is 18.2 Å². The number of benzene rings is 2. The van der Waals surface area contributed by atoms with Crippen molar-refractivity contribution in [2.24, 2.45) is 0 Å². The van der Waals surface area contributed by atoms with Crippen LogP contribution in [0.4, 0.5) is 11.4 Å². The lowest BCUT2D eigenvalue weighted by molar-refractivity contribution is -0.385. The average Bonchev–Trinajstić information content (AvgIpc) is 3.97. The lowest BCUT2D eigenvalue weighted by atomic mass is 10.2. The predicted molar refractivity (Wildman–Crippen MR) is 206 cm³/mol. The standard InChI is InChI=1S/C17H12BrN5O4S.C16H9BrN4O3S2/c1-11-2-3-13(23(24)25)9-17(11)28(26,27)22-7-5-15(20-22)14-10-19-21-6-4-12(18)8-16(14)21;17-10-4-5-20-15(6-10)13(8-18-20)14-9-25-16(19-14)26(24)12-3-1-2-11(7-12)21(22)23/h2-10H,1H3;1-9H. The molecule has 8 rings (SSSR count). The highest BCUT2D eigenvalue weighted by molar-refractivity contribution is 9.10. The first kappa shape index (κ1) is 36.9. The molecule has 16 nitrogen and oxygen atoms in total. The van der Waals surface area contributed by atoms with Crippen molar-refractivity contribution in [3.8, 4) is 22.5 Å². The summed E-state index contributed by atoms with van der Waals surface area (Å²) in [5, 5.41) is 36.4. The molecule has 1 atom stereocenters. The largest absolute Gasteiger partial charge is 0.283 e. The second-order valence-corrected chi connectivity index (χ2v) is 17.4. The maximum Gasteiger partial charge on any atom is 0.283 e. The lowest BCUT2D eigenvalue weighted by Crippen LogP contribution is -2.15. The van der Waals surface area contributed by atoms with Gasteiger partial charge < -0.3 is 0 Å². The smallest absolute Gasteiger partial charge is 0.258 e. The fourth-order valence-electron chi connectivity index (χ4n) is 5.25. The number of halogens is 2. The molecular formula is C33H21Br2N9O7S3. The molecule has 272 valence electrons. The zero-order chi connectivity index (χ0) is 38.3. The summed E-state index contributed by atoms with van der Waals surface area (Å²) in [6.45, 7) is 1.57. The molecule has 6 heterocycles. The van der Waals surface area contributed by atoms with E-state index in [-0.39, 0.29) is 16.3 Å². The van der Waals surface area contributed by atoms with Gasteiger partial charge in [0.2, 0.25) is 0 Å². The molecule has 0 saturated carbocycles. The van der Waals surface area contributed by atoms with Gasteiger partial charge in [0.25, 0.3) is 21.4 Å². The van der Waals surface area contributed by atoms with Crippen molar-refractivity contribution in [3.05, 3.63) is 144 Å². The van der Waals surface area contributed by atoms with Crippen molar-refractivity contribution in [1.82, 2.24) is 33.4 Å². The highest BCUT2D eigenvalue weighted by atomic mass is 79.9. The van der Waals surface area contributed by atoms with E-state index in [1.54, 1.807) is 46.7 Å². The number of nitro groups is 2. The fourth-order valence-corrected chi connectivity index (χ4v) is 9.42. The summed E-state index contributed by atoms with van der Waals surface area (Å²) in [5.41, 5.74) is 4.18. The van der Waals surface area contributed by atoms with Gasteiger partial charge in [-0.05, 0) is 48.9 Å². The van der Waals surface area contributed by atoms with Gasteiger partial charge in [0.15, 0.2) is 4.34 Å². The molecule has 8 aromatic rings. The molecule has 0 saturated heterocycles. The number of nitrogens with zero attached hydrogens (tertiary/aromatic N) is 9. The first-order valence-corrected chi connectivity index (χ1v) is 20.3. The molecule has 1 unspecified atom stereocenters. The molecule has 0 radical (unpaired) electrons. The van der Waals surface area contributed by atoms with Crippen LogP contribution >= 0.6 is 43.2 Å². The van der Waals surface area contributed by atoms with Crippen LogP contribution in [-0.4, -0.2) is 55.9 Å². The Kier molecular flexibility index (Phi) is 10.1. The molecule has 0 bridgehead atoms. The maximum absolute atomic E-state index is 13.0. The van der Waals surface area contributed by atoms with Crippen molar-refractivity contribution < 1.29 is 22.5 Å². The number of fused-ring (bicyclic) bond motifs is 2. The molecule has 0 N–H and O–H groups in total. The first-order valence-electron chi connectivity index (χ1n) is 15.2. The molecule has 0 spiro atoms. The van der Waals surface area contributed by atoms with Crippen LogP contribution in [0, 0.1) is 27.2 Å². The Balaban J connectivity index is 0.000000167. The van der Waals surface area contributed by atoms with E-state index < -0.39 is 30.7 Å². The number of rotatable bonds is 8. The van der Waals surface area contributed by atoms with Crippen molar-refractivity contribution in [1.29, 1.82) is 0 Å². The summed E-state index contributed by atoms with van der Waals surface area (Å²) in [5.74, 6) is 0. The summed E-state index contributed by atoms with van der Waals surface area (Å²) >= 11 is 8.09. The molecule has 0 amide bonds. The van der Waals surface area contributed by atoms with Crippen LogP contribution in [0.2, 0.25) is 0 Å². The Hall–Kier alpha value is -5.48. The van der Waals surface area contributed by atoms with Crippen LogP contribution in [0.25, 0.3) is 33.5 Å². The molecule has 21 heteroatoms. The van der Waals surface area contributed by atoms with Crippen LogP contribution < -0.4 is 0 Å². The van der Waals surface area contributed by atoms with Gasteiger partial charge in [-0.1, -0.05) is 44.0 Å². The Labute approximate surface area is 327 Å². The van der Waals surface area contributed by atoms with Crippen molar-refractivity contribution in [2.75, 3.05) is 0 Å². The van der Waals surface area contributed by atoms with Gasteiger partial charge >= 0.3 is 0 Å². The Morgan fingerprint density at radius 2 is 1.39 bits per heavy atom. The van der Waals surface area contributed by atoms with Crippen LogP contribution in [0.3, 0.4) is 0 Å². The van der Waals surface area contributed by atoms with E-state index in [1.807, 2.05) is 35.8 Å². The second kappa shape index (κ2) is 14.7.